The molecule has 0 aliphatic rings. The Labute approximate surface area is 216 Å². The zero-order valence-electron chi connectivity index (χ0n) is 20.8. The second kappa shape index (κ2) is 10.4. The smallest absolute Gasteiger partial charge is 0.332 e. The van der Waals surface area contributed by atoms with Crippen molar-refractivity contribution in [1.29, 1.82) is 0 Å². The lowest BCUT2D eigenvalue weighted by Crippen LogP contribution is -2.41. The third kappa shape index (κ3) is 4.51. The Morgan fingerprint density at radius 3 is 2.53 bits per heavy atom. The van der Waals surface area contributed by atoms with Crippen LogP contribution in [-0.2, 0) is 25.4 Å². The van der Waals surface area contributed by atoms with Gasteiger partial charge in [-0.2, -0.15) is 0 Å². The number of carbonyl (C=O) groups is 1. The lowest BCUT2D eigenvalue weighted by atomic mass is 10.3. The molecule has 0 spiro atoms. The summed E-state index contributed by atoms with van der Waals surface area (Å²) in [6, 6.07) is 3.48. The van der Waals surface area contributed by atoms with Crippen LogP contribution in [0.4, 0.5) is 5.13 Å². The van der Waals surface area contributed by atoms with Crippen molar-refractivity contribution in [3.8, 4) is 5.75 Å². The van der Waals surface area contributed by atoms with E-state index in [1.807, 2.05) is 0 Å². The molecular formula is C23H28ClN7O4S. The number of carbonyl (C=O) groups excluding carboxylic acids is 1. The molecule has 4 aromatic rings. The number of hydrogen-bond donors (Lipinski definition) is 0. The van der Waals surface area contributed by atoms with Crippen LogP contribution in [-0.4, -0.2) is 67.8 Å². The Kier molecular flexibility index (Phi) is 7.48. The van der Waals surface area contributed by atoms with Gasteiger partial charge < -0.3 is 14.2 Å². The molecule has 13 heteroatoms. The highest BCUT2D eigenvalue weighted by Gasteiger charge is 2.24. The predicted octanol–water partition coefficient (Wildman–Crippen LogP) is 2.08. The Morgan fingerprint density at radius 2 is 1.86 bits per heavy atom. The number of amides is 1. The van der Waals surface area contributed by atoms with Gasteiger partial charge >= 0.3 is 5.69 Å². The van der Waals surface area contributed by atoms with Crippen molar-refractivity contribution in [2.24, 2.45) is 14.1 Å². The van der Waals surface area contributed by atoms with E-state index in [0.717, 1.165) is 22.4 Å². The van der Waals surface area contributed by atoms with Crippen LogP contribution in [0.25, 0.3) is 21.4 Å². The molecule has 3 aromatic heterocycles. The van der Waals surface area contributed by atoms with Gasteiger partial charge in [0.1, 0.15) is 17.8 Å². The van der Waals surface area contributed by atoms with Gasteiger partial charge in [0, 0.05) is 27.2 Å². The van der Waals surface area contributed by atoms with E-state index in [1.54, 1.807) is 24.1 Å². The molecule has 3 heterocycles. The van der Waals surface area contributed by atoms with Gasteiger partial charge in [0.2, 0.25) is 5.91 Å². The summed E-state index contributed by atoms with van der Waals surface area (Å²) in [6.07, 6.45) is 1.41. The molecule has 0 radical (unpaired) electrons. The zero-order valence-corrected chi connectivity index (χ0v) is 22.4. The Bertz CT molecular complexity index is 1550. The van der Waals surface area contributed by atoms with Gasteiger partial charge in [-0.3, -0.25) is 23.6 Å². The van der Waals surface area contributed by atoms with Crippen LogP contribution in [0.5, 0.6) is 5.75 Å². The maximum absolute atomic E-state index is 13.7. The second-order valence-electron chi connectivity index (χ2n) is 8.25. The molecule has 0 unspecified atom stereocenters. The Balaban J connectivity index is 1.76. The topological polar surface area (TPSA) is 107 Å². The number of anilines is 1. The lowest BCUT2D eigenvalue weighted by molar-refractivity contribution is -0.119. The van der Waals surface area contributed by atoms with E-state index in [1.165, 1.54) is 40.9 Å². The molecule has 0 fully saturated rings. The highest BCUT2D eigenvalue weighted by atomic mass is 35.5. The maximum atomic E-state index is 13.7. The largest absolute Gasteiger partial charge is 0.494 e. The molecule has 0 saturated heterocycles. The SMILES string of the molecule is CCN(CC)CCN(C(=O)Cn1cnc2c1c(=O)n(C)c(=O)n2C)c1nc2c(OC)ccc(Cl)c2s1. The fourth-order valence-electron chi connectivity index (χ4n) is 4.08. The van der Waals surface area contributed by atoms with E-state index in [2.05, 4.69) is 23.7 Å². The number of nitrogens with zero attached hydrogens (tertiary/aromatic N) is 7. The number of benzene rings is 1. The van der Waals surface area contributed by atoms with Gasteiger partial charge in [-0.15, -0.1) is 0 Å². The molecule has 1 aromatic carbocycles. The summed E-state index contributed by atoms with van der Waals surface area (Å²) in [5.41, 5.74) is 0.00478. The first-order chi connectivity index (χ1) is 17.2. The number of likely N-dealkylation sites (N-methyl/N-ethyl adjacent to an activating group) is 1. The standard InChI is InChI=1S/C23H28ClN7O4S/c1-6-29(7-2)10-11-31(22-26-17-15(35-5)9-8-14(24)19(17)36-22)16(32)12-30-13-25-20-18(30)21(33)28(4)23(34)27(20)3/h8-9,13H,6-7,10-12H2,1-5H3. The maximum Gasteiger partial charge on any atom is 0.332 e. The van der Waals surface area contributed by atoms with Crippen LogP contribution in [0, 0.1) is 0 Å². The van der Waals surface area contributed by atoms with Crippen LogP contribution in [0.15, 0.2) is 28.0 Å². The summed E-state index contributed by atoms with van der Waals surface area (Å²) in [4.78, 5) is 51.5. The Hall–Kier alpha value is -3.22. The van der Waals surface area contributed by atoms with Gasteiger partial charge in [0.15, 0.2) is 16.3 Å². The summed E-state index contributed by atoms with van der Waals surface area (Å²) in [5.74, 6) is 0.296. The molecule has 192 valence electrons. The van der Waals surface area contributed by atoms with E-state index < -0.39 is 11.2 Å². The Morgan fingerprint density at radius 1 is 1.14 bits per heavy atom. The summed E-state index contributed by atoms with van der Waals surface area (Å²) in [5, 5.41) is 1.01. The van der Waals surface area contributed by atoms with Crippen LogP contribution in [0.2, 0.25) is 5.02 Å². The van der Waals surface area contributed by atoms with Crippen LogP contribution in [0.1, 0.15) is 13.8 Å². The number of thiazole rings is 1. The first-order valence-electron chi connectivity index (χ1n) is 11.5. The average Bonchev–Trinajstić information content (AvgIpc) is 3.50. The quantitative estimate of drug-likeness (QED) is 0.324. The van der Waals surface area contributed by atoms with Gasteiger partial charge in [-0.05, 0) is 25.2 Å². The van der Waals surface area contributed by atoms with E-state index in [9.17, 15) is 14.4 Å². The van der Waals surface area contributed by atoms with Crippen molar-refractivity contribution in [3.05, 3.63) is 44.3 Å². The van der Waals surface area contributed by atoms with Crippen molar-refractivity contribution < 1.29 is 9.53 Å². The van der Waals surface area contributed by atoms with Gasteiger partial charge in [-0.1, -0.05) is 36.8 Å². The minimum Gasteiger partial charge on any atom is -0.494 e. The fraction of sp³-hybridized carbons (Fsp3) is 0.435. The first kappa shape index (κ1) is 25.9. The lowest BCUT2D eigenvalue weighted by Gasteiger charge is -2.25. The molecule has 0 N–H and O–H groups in total. The van der Waals surface area contributed by atoms with Crippen LogP contribution >= 0.6 is 22.9 Å². The highest BCUT2D eigenvalue weighted by Crippen LogP contribution is 2.38. The van der Waals surface area contributed by atoms with Gasteiger partial charge in [0.05, 0.1) is 23.2 Å². The molecule has 0 bridgehead atoms. The monoisotopic (exact) mass is 533 g/mol. The van der Waals surface area contributed by atoms with Crippen LogP contribution < -0.4 is 20.9 Å². The van der Waals surface area contributed by atoms with Crippen molar-refractivity contribution >= 4 is 55.4 Å². The van der Waals surface area contributed by atoms with E-state index in [4.69, 9.17) is 21.3 Å². The van der Waals surface area contributed by atoms with E-state index in [-0.39, 0.29) is 23.6 Å². The first-order valence-corrected chi connectivity index (χ1v) is 12.7. The number of fused-ring (bicyclic) bond motifs is 2. The molecule has 0 aliphatic carbocycles. The minimum atomic E-state index is -0.510. The molecule has 0 aliphatic heterocycles. The molecular weight excluding hydrogens is 506 g/mol. The number of halogens is 1. The molecule has 1 amide bonds. The van der Waals surface area contributed by atoms with Crippen molar-refractivity contribution in [3.63, 3.8) is 0 Å². The normalized spacial score (nSPS) is 11.6. The highest BCUT2D eigenvalue weighted by molar-refractivity contribution is 7.23. The minimum absolute atomic E-state index is 0.150. The number of methoxy groups -OCH3 is 1. The molecule has 11 nitrogen and oxygen atoms in total. The summed E-state index contributed by atoms with van der Waals surface area (Å²) >= 11 is 7.73. The molecule has 36 heavy (non-hydrogen) atoms. The van der Waals surface area contributed by atoms with Crippen LogP contribution in [0.3, 0.4) is 0 Å². The summed E-state index contributed by atoms with van der Waals surface area (Å²) in [6.45, 7) is 6.70. The number of imidazole rings is 1. The number of rotatable bonds is 9. The summed E-state index contributed by atoms with van der Waals surface area (Å²) < 4.78 is 9.94. The van der Waals surface area contributed by atoms with E-state index in [0.29, 0.717) is 34.5 Å². The number of ether oxygens (including phenoxy) is 1. The predicted molar refractivity (Wildman–Crippen MR) is 142 cm³/mol. The number of hydrogen-bond acceptors (Lipinski definition) is 8. The van der Waals surface area contributed by atoms with Crippen molar-refractivity contribution in [2.45, 2.75) is 20.4 Å². The third-order valence-electron chi connectivity index (χ3n) is 6.26. The van der Waals surface area contributed by atoms with E-state index >= 15 is 0 Å². The van der Waals surface area contributed by atoms with Crippen molar-refractivity contribution in [2.75, 3.05) is 38.2 Å². The third-order valence-corrected chi connectivity index (χ3v) is 7.79. The average molecular weight is 534 g/mol. The zero-order chi connectivity index (χ0) is 26.1. The number of aryl methyl sites for hydroxylation is 1. The summed E-state index contributed by atoms with van der Waals surface area (Å²) in [7, 11) is 4.50. The van der Waals surface area contributed by atoms with Crippen molar-refractivity contribution in [1.82, 2.24) is 28.6 Å². The molecule has 4 rings (SSSR count). The number of aromatic nitrogens is 5. The second-order valence-corrected chi connectivity index (χ2v) is 9.63. The van der Waals surface area contributed by atoms with Gasteiger partial charge in [-0.25, -0.2) is 14.8 Å². The molecule has 0 atom stereocenters. The molecule has 0 saturated carbocycles. The van der Waals surface area contributed by atoms with Gasteiger partial charge in [0.25, 0.3) is 5.56 Å². The fourth-order valence-corrected chi connectivity index (χ4v) is 5.38.